The van der Waals surface area contributed by atoms with Crippen LogP contribution in [0.2, 0.25) is 0 Å². The average molecular weight is 420 g/mol. The molecule has 0 aliphatic heterocycles. The van der Waals surface area contributed by atoms with Gasteiger partial charge in [-0.25, -0.2) is 0 Å². The molecule has 0 aliphatic carbocycles. The lowest BCUT2D eigenvalue weighted by atomic mass is 10.2. The van der Waals surface area contributed by atoms with Crippen LogP contribution in [-0.4, -0.2) is 15.4 Å². The largest absolute Gasteiger partial charge is 0.325 e. The van der Waals surface area contributed by atoms with Crippen molar-refractivity contribution in [3.8, 4) is 6.07 Å². The van der Waals surface area contributed by atoms with Crippen LogP contribution >= 0.6 is 11.3 Å². The zero-order valence-electron chi connectivity index (χ0n) is 15.9. The van der Waals surface area contributed by atoms with Gasteiger partial charge < -0.3 is 5.32 Å². The number of anilines is 1. The van der Waals surface area contributed by atoms with E-state index in [1.165, 1.54) is 34.9 Å². The van der Waals surface area contributed by atoms with Crippen molar-refractivity contribution >= 4 is 40.8 Å². The molecule has 1 amide bonds. The second-order valence-electron chi connectivity index (χ2n) is 6.38. The Kier molecular flexibility index (Phi) is 6.20. The van der Waals surface area contributed by atoms with E-state index in [1.54, 1.807) is 18.2 Å². The van der Waals surface area contributed by atoms with Gasteiger partial charge in [0.05, 0.1) is 15.5 Å². The first-order chi connectivity index (χ1) is 14.4. The number of nitro benzene ring substituents is 1. The molecule has 0 atom stereocenters. The minimum Gasteiger partial charge on any atom is -0.325 e. The third kappa shape index (κ3) is 4.87. The van der Waals surface area contributed by atoms with Crippen molar-refractivity contribution in [3.63, 3.8) is 0 Å². The van der Waals surface area contributed by atoms with E-state index in [4.69, 9.17) is 5.26 Å². The van der Waals surface area contributed by atoms with E-state index in [2.05, 4.69) is 5.32 Å². The van der Waals surface area contributed by atoms with Crippen LogP contribution in [0.1, 0.15) is 11.1 Å². The molecule has 3 aromatic rings. The molecule has 0 fully saturated rings. The van der Waals surface area contributed by atoms with E-state index in [-0.39, 0.29) is 16.8 Å². The third-order valence-corrected chi connectivity index (χ3v) is 5.20. The molecule has 30 heavy (non-hydrogen) atoms. The SMILES string of the molecule is Cc1ccc(NC(=O)Cn2c(=O)/c(=C\c3cccc([N+](=O)[O-])c3)s/c2=C\C#N)cc1. The number of non-ortho nitro benzene ring substituents is 1. The highest BCUT2D eigenvalue weighted by Gasteiger charge is 2.11. The number of nitro groups is 1. The number of aryl methyl sites for hydroxylation is 1. The zero-order chi connectivity index (χ0) is 21.7. The molecule has 0 saturated heterocycles. The summed E-state index contributed by atoms with van der Waals surface area (Å²) >= 11 is 1.04. The van der Waals surface area contributed by atoms with Crippen LogP contribution < -0.4 is 20.1 Å². The number of benzene rings is 2. The van der Waals surface area contributed by atoms with Crippen LogP contribution in [0.25, 0.3) is 12.2 Å². The fourth-order valence-corrected chi connectivity index (χ4v) is 3.70. The molecule has 0 spiro atoms. The van der Waals surface area contributed by atoms with Gasteiger partial charge in [0, 0.05) is 23.9 Å². The lowest BCUT2D eigenvalue weighted by molar-refractivity contribution is -0.384. The van der Waals surface area contributed by atoms with Crippen molar-refractivity contribution in [2.75, 3.05) is 5.32 Å². The summed E-state index contributed by atoms with van der Waals surface area (Å²) in [5.74, 6) is -0.409. The summed E-state index contributed by atoms with van der Waals surface area (Å²) in [5.41, 5.74) is 1.58. The summed E-state index contributed by atoms with van der Waals surface area (Å²) < 4.78 is 1.79. The first-order valence-corrected chi connectivity index (χ1v) is 9.61. The number of nitriles is 1. The predicted molar refractivity (Wildman–Crippen MR) is 114 cm³/mol. The van der Waals surface area contributed by atoms with Gasteiger partial charge in [-0.05, 0) is 30.7 Å². The Morgan fingerprint density at radius 3 is 2.70 bits per heavy atom. The van der Waals surface area contributed by atoms with E-state index in [1.807, 2.05) is 25.1 Å². The maximum absolute atomic E-state index is 12.8. The number of nitrogens with one attached hydrogen (secondary N) is 1. The van der Waals surface area contributed by atoms with Crippen LogP contribution in [0, 0.1) is 28.4 Å². The monoisotopic (exact) mass is 420 g/mol. The Morgan fingerprint density at radius 1 is 1.30 bits per heavy atom. The molecule has 9 heteroatoms. The molecule has 0 radical (unpaired) electrons. The molecule has 150 valence electrons. The van der Waals surface area contributed by atoms with E-state index < -0.39 is 16.4 Å². The van der Waals surface area contributed by atoms with E-state index in [9.17, 15) is 19.7 Å². The van der Waals surface area contributed by atoms with E-state index >= 15 is 0 Å². The average Bonchev–Trinajstić information content (AvgIpc) is 2.99. The number of nitrogens with zero attached hydrogens (tertiary/aromatic N) is 3. The quantitative estimate of drug-likeness (QED) is 0.500. The number of thiazole rings is 1. The number of carbonyl (C=O) groups is 1. The number of hydrogen-bond acceptors (Lipinski definition) is 6. The zero-order valence-corrected chi connectivity index (χ0v) is 16.7. The highest BCUT2D eigenvalue weighted by molar-refractivity contribution is 7.07. The van der Waals surface area contributed by atoms with Gasteiger partial charge in [0.2, 0.25) is 5.91 Å². The molecule has 8 nitrogen and oxygen atoms in total. The molecular formula is C21H16N4O4S. The Bertz CT molecular complexity index is 1330. The molecule has 1 aromatic heterocycles. The summed E-state index contributed by atoms with van der Waals surface area (Å²) in [6.45, 7) is 1.67. The maximum Gasteiger partial charge on any atom is 0.270 e. The fourth-order valence-electron chi connectivity index (χ4n) is 2.71. The lowest BCUT2D eigenvalue weighted by Crippen LogP contribution is -2.35. The first kappa shape index (κ1) is 20.7. The summed E-state index contributed by atoms with van der Waals surface area (Å²) in [6.07, 6.45) is 2.69. The van der Waals surface area contributed by atoms with Crippen LogP contribution in [0.3, 0.4) is 0 Å². The van der Waals surface area contributed by atoms with Crippen molar-refractivity contribution in [1.82, 2.24) is 4.57 Å². The van der Waals surface area contributed by atoms with Crippen molar-refractivity contribution in [2.24, 2.45) is 0 Å². The molecule has 1 N–H and O–H groups in total. The first-order valence-electron chi connectivity index (χ1n) is 8.79. The number of aromatic nitrogens is 1. The van der Waals surface area contributed by atoms with Gasteiger partial charge in [0.25, 0.3) is 11.2 Å². The van der Waals surface area contributed by atoms with Gasteiger partial charge in [0.15, 0.2) is 0 Å². The van der Waals surface area contributed by atoms with Gasteiger partial charge in [0.1, 0.15) is 11.2 Å². The fraction of sp³-hybridized carbons (Fsp3) is 0.0952. The minimum absolute atomic E-state index is 0.0954. The molecule has 1 heterocycles. The Balaban J connectivity index is 1.96. The van der Waals surface area contributed by atoms with Gasteiger partial charge in [-0.3, -0.25) is 24.3 Å². The van der Waals surface area contributed by atoms with Crippen LogP contribution in [-0.2, 0) is 11.3 Å². The van der Waals surface area contributed by atoms with Gasteiger partial charge in [-0.2, -0.15) is 5.26 Å². The second kappa shape index (κ2) is 8.98. The Labute approximate surface area is 174 Å². The summed E-state index contributed by atoms with van der Waals surface area (Å²) in [7, 11) is 0. The van der Waals surface area contributed by atoms with Crippen molar-refractivity contribution in [1.29, 1.82) is 5.26 Å². The number of hydrogen-bond donors (Lipinski definition) is 1. The van der Waals surface area contributed by atoms with Gasteiger partial charge >= 0.3 is 0 Å². The van der Waals surface area contributed by atoms with E-state index in [0.717, 1.165) is 16.9 Å². The molecule has 2 aromatic carbocycles. The molecule has 0 aliphatic rings. The van der Waals surface area contributed by atoms with Crippen molar-refractivity contribution < 1.29 is 9.72 Å². The third-order valence-electron chi connectivity index (χ3n) is 4.14. The maximum atomic E-state index is 12.8. The number of amides is 1. The molecule has 0 bridgehead atoms. The van der Waals surface area contributed by atoms with Crippen LogP contribution in [0.4, 0.5) is 11.4 Å². The summed E-state index contributed by atoms with van der Waals surface area (Å²) in [5, 5.41) is 22.7. The molecule has 0 saturated carbocycles. The highest BCUT2D eigenvalue weighted by atomic mass is 32.1. The smallest absolute Gasteiger partial charge is 0.270 e. The van der Waals surface area contributed by atoms with Crippen LogP contribution in [0.5, 0.6) is 0 Å². The van der Waals surface area contributed by atoms with E-state index in [0.29, 0.717) is 15.9 Å². The Hall–Kier alpha value is -4.03. The Morgan fingerprint density at radius 2 is 2.03 bits per heavy atom. The lowest BCUT2D eigenvalue weighted by Gasteiger charge is -2.06. The minimum atomic E-state index is -0.519. The van der Waals surface area contributed by atoms with Gasteiger partial charge in [-0.15, -0.1) is 11.3 Å². The van der Waals surface area contributed by atoms with Crippen LogP contribution in [0.15, 0.2) is 53.3 Å². The van der Waals surface area contributed by atoms with Gasteiger partial charge in [-0.1, -0.05) is 29.8 Å². The molecular weight excluding hydrogens is 404 g/mol. The normalized spacial score (nSPS) is 11.9. The second-order valence-corrected chi connectivity index (χ2v) is 7.44. The number of rotatable bonds is 5. The molecule has 3 rings (SSSR count). The highest BCUT2D eigenvalue weighted by Crippen LogP contribution is 2.13. The molecule has 0 unspecified atom stereocenters. The topological polar surface area (TPSA) is 118 Å². The summed E-state index contributed by atoms with van der Waals surface area (Å²) in [6, 6.07) is 15.0. The predicted octanol–water partition coefficient (Wildman–Crippen LogP) is 1.90. The van der Waals surface area contributed by atoms with Crippen molar-refractivity contribution in [2.45, 2.75) is 13.5 Å². The summed E-state index contributed by atoms with van der Waals surface area (Å²) in [4.78, 5) is 35.7. The standard InChI is InChI=1S/C21H16N4O4S/c1-14-5-7-16(8-6-14)23-19(26)13-24-20(9-10-22)30-18(21(24)27)12-15-3-2-4-17(11-15)25(28)29/h2-9,11-12H,13H2,1H3,(H,23,26)/b18-12+,20-9-. The van der Waals surface area contributed by atoms with Crippen molar-refractivity contribution in [3.05, 3.63) is 89.3 Å². The number of carbonyl (C=O) groups excluding carboxylic acids is 1.